The van der Waals surface area contributed by atoms with E-state index in [0.29, 0.717) is 17.7 Å². The van der Waals surface area contributed by atoms with Gasteiger partial charge in [-0.15, -0.1) is 0 Å². The molecule has 0 atom stereocenters. The van der Waals surface area contributed by atoms with Gasteiger partial charge in [-0.1, -0.05) is 36.4 Å². The fourth-order valence-electron chi connectivity index (χ4n) is 3.78. The van der Waals surface area contributed by atoms with E-state index in [2.05, 4.69) is 22.0 Å². The van der Waals surface area contributed by atoms with Crippen molar-refractivity contribution in [3.05, 3.63) is 83.6 Å². The van der Waals surface area contributed by atoms with Crippen molar-refractivity contribution in [1.29, 1.82) is 10.8 Å². The number of hydrogen-bond acceptors (Lipinski definition) is 6. The molecule has 158 valence electrons. The van der Waals surface area contributed by atoms with Crippen LogP contribution in [-0.4, -0.2) is 47.6 Å². The summed E-state index contributed by atoms with van der Waals surface area (Å²) in [4.78, 5) is 6.75. The Morgan fingerprint density at radius 3 is 2.55 bits per heavy atom. The van der Waals surface area contributed by atoms with Crippen molar-refractivity contribution >= 4 is 17.1 Å². The number of nitrogens with zero attached hydrogens (tertiary/aromatic N) is 2. The van der Waals surface area contributed by atoms with Crippen molar-refractivity contribution in [3.63, 3.8) is 0 Å². The average Bonchev–Trinajstić information content (AvgIpc) is 2.80. The molecule has 1 aromatic heterocycles. The number of aromatic nitrogens is 1. The summed E-state index contributed by atoms with van der Waals surface area (Å²) in [5, 5.41) is 17.1. The molecule has 31 heavy (non-hydrogen) atoms. The molecule has 4 rings (SSSR count). The van der Waals surface area contributed by atoms with Gasteiger partial charge in [0.1, 0.15) is 0 Å². The number of ether oxygens (including phenoxy) is 1. The van der Waals surface area contributed by atoms with Crippen LogP contribution in [-0.2, 0) is 17.7 Å². The quantitative estimate of drug-likeness (QED) is 0.405. The maximum absolute atomic E-state index is 8.60. The number of anilines is 1. The molecule has 1 fully saturated rings. The monoisotopic (exact) mass is 413 g/mol. The summed E-state index contributed by atoms with van der Waals surface area (Å²) in [5.74, 6) is 0. The molecule has 6 heteroatoms. The Hall–Kier alpha value is -3.35. The average molecular weight is 414 g/mol. The molecule has 4 N–H and O–H groups in total. The van der Waals surface area contributed by atoms with Crippen LogP contribution >= 0.6 is 0 Å². The van der Waals surface area contributed by atoms with Crippen molar-refractivity contribution in [3.8, 4) is 11.3 Å². The minimum Gasteiger partial charge on any atom is -0.398 e. The molecule has 0 amide bonds. The van der Waals surface area contributed by atoms with Crippen LogP contribution in [0.2, 0.25) is 0 Å². The first kappa shape index (κ1) is 20.9. The van der Waals surface area contributed by atoms with E-state index in [1.165, 1.54) is 5.56 Å². The number of benzene rings is 2. The van der Waals surface area contributed by atoms with Crippen LogP contribution in [0.3, 0.4) is 0 Å². The minimum atomic E-state index is 0.147. The zero-order valence-corrected chi connectivity index (χ0v) is 17.5. The molecular formula is C25H27N5O. The van der Waals surface area contributed by atoms with Gasteiger partial charge < -0.3 is 15.9 Å². The van der Waals surface area contributed by atoms with Crippen LogP contribution in [0.15, 0.2) is 66.9 Å². The highest BCUT2D eigenvalue weighted by Crippen LogP contribution is 2.23. The normalized spacial score (nSPS) is 14.3. The van der Waals surface area contributed by atoms with Crippen LogP contribution in [0, 0.1) is 10.8 Å². The summed E-state index contributed by atoms with van der Waals surface area (Å²) in [6.07, 6.45) is 2.13. The van der Waals surface area contributed by atoms with Gasteiger partial charge in [0.05, 0.1) is 30.3 Å². The third-order valence-corrected chi connectivity index (χ3v) is 5.47. The van der Waals surface area contributed by atoms with Gasteiger partial charge in [0, 0.05) is 49.1 Å². The molecule has 1 aliphatic heterocycles. The van der Waals surface area contributed by atoms with Gasteiger partial charge in [-0.25, -0.2) is 0 Å². The highest BCUT2D eigenvalue weighted by atomic mass is 16.5. The SMILES string of the molecule is N=C(Cc1cccc(CN2CCOCC2)c1)C(=N)c1cc(-c2ccccn2)ccc1N. The van der Waals surface area contributed by atoms with Gasteiger partial charge in [0.25, 0.3) is 0 Å². The molecule has 6 nitrogen and oxygen atoms in total. The predicted octanol–water partition coefficient (Wildman–Crippen LogP) is 3.79. The molecule has 1 saturated heterocycles. The molecule has 0 unspecified atom stereocenters. The zero-order valence-electron chi connectivity index (χ0n) is 17.5. The van der Waals surface area contributed by atoms with Gasteiger partial charge in [0.15, 0.2) is 0 Å². The first-order valence-electron chi connectivity index (χ1n) is 10.5. The molecule has 0 saturated carbocycles. The Kier molecular flexibility index (Phi) is 6.50. The third kappa shape index (κ3) is 5.23. The Balaban J connectivity index is 1.48. The van der Waals surface area contributed by atoms with Gasteiger partial charge in [-0.3, -0.25) is 15.3 Å². The minimum absolute atomic E-state index is 0.147. The van der Waals surface area contributed by atoms with Crippen molar-refractivity contribution < 1.29 is 4.74 Å². The van der Waals surface area contributed by atoms with E-state index in [0.717, 1.165) is 49.7 Å². The van der Waals surface area contributed by atoms with Crippen LogP contribution < -0.4 is 5.73 Å². The summed E-state index contributed by atoms with van der Waals surface area (Å²) < 4.78 is 5.42. The lowest BCUT2D eigenvalue weighted by molar-refractivity contribution is 0.0342. The molecule has 0 bridgehead atoms. The second-order valence-electron chi connectivity index (χ2n) is 7.76. The van der Waals surface area contributed by atoms with Crippen LogP contribution in [0.4, 0.5) is 5.69 Å². The Bertz CT molecular complexity index is 1070. The standard InChI is InChI=1S/C25H27N5O/c26-22-8-7-20(24-6-1-2-9-29-24)16-21(22)25(28)23(27)15-18-4-3-5-19(14-18)17-30-10-12-31-13-11-30/h1-9,14,16,27-28H,10-13,15,17,26H2. The maximum Gasteiger partial charge on any atom is 0.0844 e. The topological polar surface area (TPSA) is 99.1 Å². The van der Waals surface area contributed by atoms with Crippen LogP contribution in [0.5, 0.6) is 0 Å². The lowest BCUT2D eigenvalue weighted by Crippen LogP contribution is -2.35. The molecule has 2 heterocycles. The first-order valence-corrected chi connectivity index (χ1v) is 10.5. The van der Waals surface area contributed by atoms with E-state index >= 15 is 0 Å². The zero-order chi connectivity index (χ0) is 21.6. The molecular weight excluding hydrogens is 386 g/mol. The summed E-state index contributed by atoms with van der Waals surface area (Å²) in [6.45, 7) is 4.31. The smallest absolute Gasteiger partial charge is 0.0844 e. The Labute approximate surface area is 182 Å². The number of nitrogens with one attached hydrogen (secondary N) is 2. The summed E-state index contributed by atoms with van der Waals surface area (Å²) in [6, 6.07) is 19.5. The highest BCUT2D eigenvalue weighted by Gasteiger charge is 2.15. The number of nitrogens with two attached hydrogens (primary N) is 1. The molecule has 0 spiro atoms. The maximum atomic E-state index is 8.60. The number of morpholine rings is 1. The van der Waals surface area contributed by atoms with E-state index in [1.54, 1.807) is 12.3 Å². The molecule has 3 aromatic rings. The summed E-state index contributed by atoms with van der Waals surface area (Å²) in [5.41, 5.74) is 11.6. The summed E-state index contributed by atoms with van der Waals surface area (Å²) in [7, 11) is 0. The molecule has 1 aliphatic rings. The molecule has 0 aliphatic carbocycles. The van der Waals surface area contributed by atoms with Gasteiger partial charge in [-0.05, 0) is 35.4 Å². The molecule has 0 radical (unpaired) electrons. The van der Waals surface area contributed by atoms with E-state index in [9.17, 15) is 0 Å². The fraction of sp³-hybridized carbons (Fsp3) is 0.240. The predicted molar refractivity (Wildman–Crippen MR) is 125 cm³/mol. The van der Waals surface area contributed by atoms with Gasteiger partial charge in [0.2, 0.25) is 0 Å². The van der Waals surface area contributed by atoms with E-state index in [4.69, 9.17) is 21.3 Å². The number of nitrogen functional groups attached to an aromatic ring is 1. The lowest BCUT2D eigenvalue weighted by Gasteiger charge is -2.26. The van der Waals surface area contributed by atoms with Crippen molar-refractivity contribution in [2.24, 2.45) is 0 Å². The van der Waals surface area contributed by atoms with Crippen molar-refractivity contribution in [2.45, 2.75) is 13.0 Å². The number of pyridine rings is 1. The Morgan fingerprint density at radius 2 is 1.77 bits per heavy atom. The Morgan fingerprint density at radius 1 is 0.968 bits per heavy atom. The lowest BCUT2D eigenvalue weighted by atomic mass is 9.96. The van der Waals surface area contributed by atoms with Gasteiger partial charge in [-0.2, -0.15) is 0 Å². The number of rotatable bonds is 7. The molecule has 2 aromatic carbocycles. The van der Waals surface area contributed by atoms with Crippen molar-refractivity contribution in [2.75, 3.05) is 32.0 Å². The fourth-order valence-corrected chi connectivity index (χ4v) is 3.78. The first-order chi connectivity index (χ1) is 15.1. The highest BCUT2D eigenvalue weighted by molar-refractivity contribution is 6.47. The van der Waals surface area contributed by atoms with E-state index in [1.807, 2.05) is 42.5 Å². The number of hydrogen-bond donors (Lipinski definition) is 3. The summed E-state index contributed by atoms with van der Waals surface area (Å²) >= 11 is 0. The van der Waals surface area contributed by atoms with Crippen LogP contribution in [0.25, 0.3) is 11.3 Å². The third-order valence-electron chi connectivity index (χ3n) is 5.47. The van der Waals surface area contributed by atoms with Crippen molar-refractivity contribution in [1.82, 2.24) is 9.88 Å². The van der Waals surface area contributed by atoms with E-state index in [-0.39, 0.29) is 11.4 Å². The largest absolute Gasteiger partial charge is 0.398 e. The second kappa shape index (κ2) is 9.64. The van der Waals surface area contributed by atoms with Gasteiger partial charge >= 0.3 is 0 Å². The van der Waals surface area contributed by atoms with Crippen LogP contribution in [0.1, 0.15) is 16.7 Å². The van der Waals surface area contributed by atoms with E-state index < -0.39 is 0 Å². The second-order valence-corrected chi connectivity index (χ2v) is 7.76.